The van der Waals surface area contributed by atoms with E-state index in [1.165, 1.54) is 12.8 Å². The molecule has 0 bridgehead atoms. The Morgan fingerprint density at radius 2 is 2.28 bits per heavy atom. The van der Waals surface area contributed by atoms with Crippen molar-refractivity contribution in [3.63, 3.8) is 0 Å². The molecule has 0 atom stereocenters. The summed E-state index contributed by atoms with van der Waals surface area (Å²) >= 11 is 5.23. The molecule has 1 aliphatic carbocycles. The average Bonchev–Trinajstić information content (AvgIpc) is 2.85. The number of hydrogen-bond acceptors (Lipinski definition) is 2. The van der Waals surface area contributed by atoms with Crippen molar-refractivity contribution < 1.29 is 4.79 Å². The number of hydrogen-bond donors (Lipinski definition) is 1. The highest BCUT2D eigenvalue weighted by Gasteiger charge is 2.34. The van der Waals surface area contributed by atoms with Gasteiger partial charge in [0.15, 0.2) is 0 Å². The lowest BCUT2D eigenvalue weighted by atomic mass is 9.78. The van der Waals surface area contributed by atoms with Gasteiger partial charge in [-0.15, -0.1) is 11.3 Å². The minimum absolute atomic E-state index is 0.0130. The molecule has 0 aliphatic heterocycles. The van der Waals surface area contributed by atoms with Crippen LogP contribution in [0.5, 0.6) is 0 Å². The fourth-order valence-corrected chi connectivity index (χ4v) is 3.92. The van der Waals surface area contributed by atoms with Crippen LogP contribution in [0.4, 0.5) is 0 Å². The van der Waals surface area contributed by atoms with Crippen LogP contribution in [0.1, 0.15) is 37.5 Å². The average molecular weight is 330 g/mol. The molecule has 2 nitrogen and oxygen atoms in total. The van der Waals surface area contributed by atoms with E-state index in [0.29, 0.717) is 6.42 Å². The maximum Gasteiger partial charge on any atom is 0.225 e. The van der Waals surface area contributed by atoms with Crippen molar-refractivity contribution in [2.24, 2.45) is 5.92 Å². The van der Waals surface area contributed by atoms with Gasteiger partial charge in [0.2, 0.25) is 5.91 Å². The van der Waals surface area contributed by atoms with E-state index in [1.807, 2.05) is 17.5 Å². The first kappa shape index (κ1) is 14.1. The Bertz CT molecular complexity index is 383. The summed E-state index contributed by atoms with van der Waals surface area (Å²) in [6, 6.07) is 4.02. The second-order valence-electron chi connectivity index (χ2n) is 5.40. The van der Waals surface area contributed by atoms with Crippen LogP contribution in [0.3, 0.4) is 0 Å². The molecule has 0 radical (unpaired) electrons. The molecule has 0 saturated heterocycles. The van der Waals surface area contributed by atoms with Crippen LogP contribution in [-0.2, 0) is 11.2 Å². The molecule has 1 saturated carbocycles. The highest BCUT2D eigenvalue weighted by Crippen LogP contribution is 2.33. The first-order chi connectivity index (χ1) is 8.63. The number of carbonyl (C=O) groups is 1. The largest absolute Gasteiger partial charge is 0.350 e. The molecule has 4 heteroatoms. The van der Waals surface area contributed by atoms with Crippen molar-refractivity contribution >= 4 is 33.2 Å². The van der Waals surface area contributed by atoms with Gasteiger partial charge in [0, 0.05) is 15.7 Å². The lowest BCUT2D eigenvalue weighted by Crippen LogP contribution is -2.52. The predicted octanol–water partition coefficient (Wildman–Crippen LogP) is 3.75. The molecule has 1 aromatic rings. The second-order valence-corrected chi connectivity index (χ2v) is 6.99. The molecule has 1 amide bonds. The highest BCUT2D eigenvalue weighted by molar-refractivity contribution is 9.09. The summed E-state index contributed by atoms with van der Waals surface area (Å²) in [6.07, 6.45) is 5.13. The Balaban J connectivity index is 1.91. The SMILES string of the molecule is CC1CCC(CBr)(NC(=O)Cc2cccs2)CC1. The number of nitrogens with one attached hydrogen (secondary N) is 1. The van der Waals surface area contributed by atoms with E-state index in [4.69, 9.17) is 0 Å². The number of amides is 1. The number of thiophene rings is 1. The van der Waals surface area contributed by atoms with Crippen LogP contribution in [0.15, 0.2) is 17.5 Å². The molecule has 2 rings (SSSR count). The molecule has 1 aliphatic rings. The zero-order valence-electron chi connectivity index (χ0n) is 10.7. The molecule has 100 valence electrons. The van der Waals surface area contributed by atoms with E-state index in [-0.39, 0.29) is 11.4 Å². The van der Waals surface area contributed by atoms with Crippen LogP contribution >= 0.6 is 27.3 Å². The van der Waals surface area contributed by atoms with E-state index < -0.39 is 0 Å². The van der Waals surface area contributed by atoms with Crippen LogP contribution < -0.4 is 5.32 Å². The van der Waals surface area contributed by atoms with Crippen molar-refractivity contribution in [2.75, 3.05) is 5.33 Å². The van der Waals surface area contributed by atoms with Crippen LogP contribution in [0, 0.1) is 5.92 Å². The van der Waals surface area contributed by atoms with Gasteiger partial charge >= 0.3 is 0 Å². The Hall–Kier alpha value is -0.350. The van der Waals surface area contributed by atoms with Crippen molar-refractivity contribution in [1.82, 2.24) is 5.32 Å². The van der Waals surface area contributed by atoms with Gasteiger partial charge < -0.3 is 5.32 Å². The number of alkyl halides is 1. The standard InChI is InChI=1S/C14H20BrNOS/c1-11-4-6-14(10-15,7-5-11)16-13(17)9-12-3-2-8-18-12/h2-3,8,11H,4-7,9-10H2,1H3,(H,16,17). The third kappa shape index (κ3) is 3.58. The van der Waals surface area contributed by atoms with Crippen LogP contribution in [0.2, 0.25) is 0 Å². The zero-order chi connectivity index (χ0) is 13.0. The summed E-state index contributed by atoms with van der Waals surface area (Å²) in [5.74, 6) is 0.956. The molecule has 1 fully saturated rings. The van der Waals surface area contributed by atoms with Crippen LogP contribution in [0.25, 0.3) is 0 Å². The van der Waals surface area contributed by atoms with E-state index >= 15 is 0 Å². The molecule has 18 heavy (non-hydrogen) atoms. The van der Waals surface area contributed by atoms with Gasteiger partial charge in [-0.05, 0) is 43.0 Å². The maximum absolute atomic E-state index is 12.1. The second kappa shape index (κ2) is 6.20. The van der Waals surface area contributed by atoms with E-state index in [2.05, 4.69) is 28.2 Å². The minimum atomic E-state index is -0.0130. The number of rotatable bonds is 4. The molecule has 1 heterocycles. The molecule has 0 aromatic carbocycles. The van der Waals surface area contributed by atoms with Gasteiger partial charge in [0.25, 0.3) is 0 Å². The molecule has 0 spiro atoms. The predicted molar refractivity (Wildman–Crippen MR) is 80.3 cm³/mol. The smallest absolute Gasteiger partial charge is 0.225 e. The van der Waals surface area contributed by atoms with Gasteiger partial charge in [-0.2, -0.15) is 0 Å². The fourth-order valence-electron chi connectivity index (χ4n) is 2.52. The van der Waals surface area contributed by atoms with E-state index in [0.717, 1.165) is 29.0 Å². The Morgan fingerprint density at radius 1 is 1.56 bits per heavy atom. The topological polar surface area (TPSA) is 29.1 Å². The summed E-state index contributed by atoms with van der Waals surface area (Å²) in [7, 11) is 0. The third-order valence-corrected chi connectivity index (χ3v) is 5.76. The van der Waals surface area contributed by atoms with Crippen molar-refractivity contribution in [3.05, 3.63) is 22.4 Å². The third-order valence-electron chi connectivity index (χ3n) is 3.81. The van der Waals surface area contributed by atoms with Gasteiger partial charge in [-0.3, -0.25) is 4.79 Å². The molecular formula is C14H20BrNOS. The monoisotopic (exact) mass is 329 g/mol. The lowest BCUT2D eigenvalue weighted by molar-refractivity contribution is -0.122. The number of halogens is 1. The Morgan fingerprint density at radius 3 is 2.83 bits per heavy atom. The van der Waals surface area contributed by atoms with Gasteiger partial charge in [0.05, 0.1) is 6.42 Å². The molecule has 1 aromatic heterocycles. The molecular weight excluding hydrogens is 310 g/mol. The summed E-state index contributed by atoms with van der Waals surface area (Å²) in [5.41, 5.74) is -0.0130. The van der Waals surface area contributed by atoms with Crippen molar-refractivity contribution in [2.45, 2.75) is 44.6 Å². The zero-order valence-corrected chi connectivity index (χ0v) is 13.1. The normalized spacial score (nSPS) is 28.0. The van der Waals surface area contributed by atoms with Crippen LogP contribution in [-0.4, -0.2) is 16.8 Å². The van der Waals surface area contributed by atoms with Crippen molar-refractivity contribution in [3.8, 4) is 0 Å². The van der Waals surface area contributed by atoms with Gasteiger partial charge in [-0.25, -0.2) is 0 Å². The quantitative estimate of drug-likeness (QED) is 0.837. The summed E-state index contributed by atoms with van der Waals surface area (Å²) < 4.78 is 0. The van der Waals surface area contributed by atoms with Gasteiger partial charge in [-0.1, -0.05) is 28.9 Å². The summed E-state index contributed by atoms with van der Waals surface area (Å²) in [6.45, 7) is 2.30. The minimum Gasteiger partial charge on any atom is -0.350 e. The Kier molecular flexibility index (Phi) is 4.84. The van der Waals surface area contributed by atoms with E-state index in [1.54, 1.807) is 11.3 Å². The van der Waals surface area contributed by atoms with E-state index in [9.17, 15) is 4.79 Å². The molecule has 1 N–H and O–H groups in total. The summed E-state index contributed by atoms with van der Waals surface area (Å²) in [5, 5.41) is 6.14. The lowest BCUT2D eigenvalue weighted by Gasteiger charge is -2.39. The Labute approximate surface area is 121 Å². The first-order valence-electron chi connectivity index (χ1n) is 6.53. The van der Waals surface area contributed by atoms with Gasteiger partial charge in [0.1, 0.15) is 0 Å². The maximum atomic E-state index is 12.1. The van der Waals surface area contributed by atoms with Crippen molar-refractivity contribution in [1.29, 1.82) is 0 Å². The fraction of sp³-hybridized carbons (Fsp3) is 0.643. The number of carbonyl (C=O) groups excluding carboxylic acids is 1. The summed E-state index contributed by atoms with van der Waals surface area (Å²) in [4.78, 5) is 13.2. The highest BCUT2D eigenvalue weighted by atomic mass is 79.9. The first-order valence-corrected chi connectivity index (χ1v) is 8.53. The molecule has 0 unspecified atom stereocenters.